The Labute approximate surface area is 171 Å². The van der Waals surface area contributed by atoms with E-state index in [0.717, 1.165) is 42.4 Å². The lowest BCUT2D eigenvalue weighted by atomic mass is 9.85. The molecular formula is C22H31FN4O2. The molecule has 1 heterocycles. The predicted octanol–water partition coefficient (Wildman–Crippen LogP) is 3.63. The van der Waals surface area contributed by atoms with Crippen molar-refractivity contribution in [1.29, 1.82) is 0 Å². The lowest BCUT2D eigenvalue weighted by Crippen LogP contribution is -2.47. The van der Waals surface area contributed by atoms with E-state index in [2.05, 4.69) is 20.9 Å². The van der Waals surface area contributed by atoms with Crippen molar-refractivity contribution in [3.8, 4) is 0 Å². The van der Waals surface area contributed by atoms with Crippen LogP contribution in [0, 0.1) is 18.7 Å². The van der Waals surface area contributed by atoms with Gasteiger partial charge in [0.25, 0.3) is 0 Å². The molecule has 0 aliphatic heterocycles. The first-order valence-electron chi connectivity index (χ1n) is 10.3. The number of guanidine groups is 1. The second-order valence-corrected chi connectivity index (χ2v) is 8.08. The van der Waals surface area contributed by atoms with Crippen molar-refractivity contribution in [3.63, 3.8) is 0 Å². The Morgan fingerprint density at radius 1 is 1.34 bits per heavy atom. The average molecular weight is 403 g/mol. The molecule has 1 aliphatic carbocycles. The molecular weight excluding hydrogens is 371 g/mol. The lowest BCUT2D eigenvalue weighted by molar-refractivity contribution is -0.126. The summed E-state index contributed by atoms with van der Waals surface area (Å²) in [6.45, 7) is 6.34. The minimum atomic E-state index is -0.272. The van der Waals surface area contributed by atoms with Crippen LogP contribution in [0.3, 0.4) is 0 Å². The monoisotopic (exact) mass is 402 g/mol. The summed E-state index contributed by atoms with van der Waals surface area (Å²) in [6, 6.07) is 4.90. The molecule has 0 saturated heterocycles. The van der Waals surface area contributed by atoms with E-state index in [1.807, 2.05) is 20.8 Å². The van der Waals surface area contributed by atoms with E-state index in [1.54, 1.807) is 13.1 Å². The summed E-state index contributed by atoms with van der Waals surface area (Å²) in [4.78, 5) is 16.6. The third-order valence-electron chi connectivity index (χ3n) is 5.45. The SMILES string of the molecule is CN=C(NCc1oc2ccc(F)cc2c1C)NC1CCCC(C(=O)NC(C)C)C1. The summed E-state index contributed by atoms with van der Waals surface area (Å²) in [6.07, 6.45) is 3.74. The van der Waals surface area contributed by atoms with Gasteiger partial charge >= 0.3 is 0 Å². The fraction of sp³-hybridized carbons (Fsp3) is 0.545. The number of fused-ring (bicyclic) bond motifs is 1. The molecule has 6 nitrogen and oxygen atoms in total. The second-order valence-electron chi connectivity index (χ2n) is 8.08. The fourth-order valence-corrected chi connectivity index (χ4v) is 3.93. The number of aliphatic imine (C=N–C) groups is 1. The van der Waals surface area contributed by atoms with Crippen molar-refractivity contribution in [3.05, 3.63) is 35.3 Å². The van der Waals surface area contributed by atoms with Gasteiger partial charge in [0.05, 0.1) is 6.54 Å². The number of benzene rings is 1. The Morgan fingerprint density at radius 2 is 2.14 bits per heavy atom. The summed E-state index contributed by atoms with van der Waals surface area (Å²) < 4.78 is 19.4. The number of rotatable bonds is 5. The van der Waals surface area contributed by atoms with Gasteiger partial charge in [0.1, 0.15) is 17.2 Å². The Kier molecular flexibility index (Phi) is 6.77. The van der Waals surface area contributed by atoms with Crippen molar-refractivity contribution in [1.82, 2.24) is 16.0 Å². The molecule has 7 heteroatoms. The van der Waals surface area contributed by atoms with Crippen LogP contribution in [-0.4, -0.2) is 31.0 Å². The first-order valence-corrected chi connectivity index (χ1v) is 10.3. The van der Waals surface area contributed by atoms with E-state index >= 15 is 0 Å². The van der Waals surface area contributed by atoms with Crippen LogP contribution in [0.5, 0.6) is 0 Å². The van der Waals surface area contributed by atoms with Gasteiger partial charge in [-0.1, -0.05) is 6.42 Å². The summed E-state index contributed by atoms with van der Waals surface area (Å²) >= 11 is 0. The number of amides is 1. The Morgan fingerprint density at radius 3 is 2.86 bits per heavy atom. The molecule has 3 rings (SSSR count). The molecule has 1 saturated carbocycles. The molecule has 1 aromatic heterocycles. The largest absolute Gasteiger partial charge is 0.459 e. The Balaban J connectivity index is 1.58. The fourth-order valence-electron chi connectivity index (χ4n) is 3.93. The highest BCUT2D eigenvalue weighted by atomic mass is 19.1. The smallest absolute Gasteiger partial charge is 0.223 e. The lowest BCUT2D eigenvalue weighted by Gasteiger charge is -2.30. The van der Waals surface area contributed by atoms with Crippen LogP contribution in [0.15, 0.2) is 27.6 Å². The molecule has 0 bridgehead atoms. The van der Waals surface area contributed by atoms with Gasteiger partial charge in [0.2, 0.25) is 5.91 Å². The third kappa shape index (κ3) is 5.28. The van der Waals surface area contributed by atoms with Gasteiger partial charge in [0.15, 0.2) is 5.96 Å². The van der Waals surface area contributed by atoms with Crippen LogP contribution in [0.25, 0.3) is 11.0 Å². The number of nitrogens with one attached hydrogen (secondary N) is 3. The van der Waals surface area contributed by atoms with Crippen LogP contribution in [-0.2, 0) is 11.3 Å². The number of carbonyl (C=O) groups excluding carboxylic acids is 1. The minimum absolute atomic E-state index is 0.0364. The average Bonchev–Trinajstić information content (AvgIpc) is 3.00. The van der Waals surface area contributed by atoms with Gasteiger partial charge in [-0.2, -0.15) is 0 Å². The molecule has 2 unspecified atom stereocenters. The number of carbonyl (C=O) groups is 1. The zero-order valence-corrected chi connectivity index (χ0v) is 17.6. The van der Waals surface area contributed by atoms with Gasteiger partial charge < -0.3 is 20.4 Å². The molecule has 29 heavy (non-hydrogen) atoms. The number of aryl methyl sites for hydroxylation is 1. The highest BCUT2D eigenvalue weighted by Crippen LogP contribution is 2.26. The quantitative estimate of drug-likeness (QED) is 0.527. The third-order valence-corrected chi connectivity index (χ3v) is 5.45. The van der Waals surface area contributed by atoms with Crippen LogP contribution in [0.4, 0.5) is 4.39 Å². The Hall–Kier alpha value is -2.57. The highest BCUT2D eigenvalue weighted by Gasteiger charge is 2.28. The maximum Gasteiger partial charge on any atom is 0.223 e. The number of furan rings is 1. The molecule has 3 N–H and O–H groups in total. The molecule has 1 amide bonds. The number of halogens is 1. The Bertz CT molecular complexity index is 890. The summed E-state index contributed by atoms with van der Waals surface area (Å²) in [5.74, 6) is 1.33. The second kappa shape index (κ2) is 9.29. The highest BCUT2D eigenvalue weighted by molar-refractivity contribution is 5.83. The first-order chi connectivity index (χ1) is 13.9. The van der Waals surface area contributed by atoms with Gasteiger partial charge in [-0.05, 0) is 58.2 Å². The number of hydrogen-bond donors (Lipinski definition) is 3. The number of hydrogen-bond acceptors (Lipinski definition) is 3. The van der Waals surface area contributed by atoms with E-state index < -0.39 is 0 Å². The molecule has 1 fully saturated rings. The molecule has 2 aromatic rings. The van der Waals surface area contributed by atoms with E-state index in [9.17, 15) is 9.18 Å². The summed E-state index contributed by atoms with van der Waals surface area (Å²) in [5.41, 5.74) is 1.60. The van der Waals surface area contributed by atoms with E-state index in [0.29, 0.717) is 18.1 Å². The standard InChI is InChI=1S/C22H31FN4O2/c1-13(2)26-21(28)15-6-5-7-17(10-15)27-22(24-4)25-12-20-14(3)18-11-16(23)8-9-19(18)29-20/h8-9,11,13,15,17H,5-7,10,12H2,1-4H3,(H,26,28)(H2,24,25,27). The van der Waals surface area contributed by atoms with E-state index in [4.69, 9.17) is 4.42 Å². The summed E-state index contributed by atoms with van der Waals surface area (Å²) in [7, 11) is 1.72. The van der Waals surface area contributed by atoms with Crippen molar-refractivity contribution in [2.75, 3.05) is 7.05 Å². The van der Waals surface area contributed by atoms with E-state index in [1.165, 1.54) is 12.1 Å². The van der Waals surface area contributed by atoms with Gasteiger partial charge in [-0.15, -0.1) is 0 Å². The maximum absolute atomic E-state index is 13.5. The molecule has 1 aromatic carbocycles. The number of nitrogens with zero attached hydrogens (tertiary/aromatic N) is 1. The van der Waals surface area contributed by atoms with Crippen LogP contribution in [0.2, 0.25) is 0 Å². The van der Waals surface area contributed by atoms with E-state index in [-0.39, 0.29) is 29.7 Å². The van der Waals surface area contributed by atoms with Gasteiger partial charge in [-0.25, -0.2) is 4.39 Å². The molecule has 158 valence electrons. The molecule has 0 spiro atoms. The van der Waals surface area contributed by atoms with Crippen LogP contribution < -0.4 is 16.0 Å². The van der Waals surface area contributed by atoms with Crippen LogP contribution >= 0.6 is 0 Å². The van der Waals surface area contributed by atoms with Crippen molar-refractivity contribution in [2.24, 2.45) is 10.9 Å². The molecule has 0 radical (unpaired) electrons. The van der Waals surface area contributed by atoms with Gasteiger partial charge in [0, 0.05) is 36.0 Å². The predicted molar refractivity (Wildman–Crippen MR) is 113 cm³/mol. The zero-order chi connectivity index (χ0) is 21.0. The molecule has 2 atom stereocenters. The topological polar surface area (TPSA) is 78.7 Å². The first kappa shape index (κ1) is 21.1. The van der Waals surface area contributed by atoms with Crippen molar-refractivity contribution in [2.45, 2.75) is 65.1 Å². The zero-order valence-electron chi connectivity index (χ0n) is 17.6. The van der Waals surface area contributed by atoms with Crippen molar-refractivity contribution < 1.29 is 13.6 Å². The molecule has 1 aliphatic rings. The maximum atomic E-state index is 13.5. The van der Waals surface area contributed by atoms with Gasteiger partial charge in [-0.3, -0.25) is 9.79 Å². The van der Waals surface area contributed by atoms with Crippen LogP contribution in [0.1, 0.15) is 50.9 Å². The summed E-state index contributed by atoms with van der Waals surface area (Å²) in [5, 5.41) is 10.5. The minimum Gasteiger partial charge on any atom is -0.459 e. The van der Waals surface area contributed by atoms with Crippen molar-refractivity contribution >= 4 is 22.8 Å². The normalized spacial score (nSPS) is 20.1.